The third-order valence-corrected chi connectivity index (χ3v) is 3.51. The molecule has 1 unspecified atom stereocenters. The van der Waals surface area contributed by atoms with Crippen LogP contribution in [0.5, 0.6) is 0 Å². The molecule has 1 fully saturated rings. The number of nitrogens with one attached hydrogen (secondary N) is 1. The molecule has 1 aromatic heterocycles. The zero-order valence-corrected chi connectivity index (χ0v) is 10.0. The number of Topliss-reactive ketones (excluding diaryl/α,β-unsaturated/α-hetero) is 1. The fraction of sp³-hybridized carbons (Fsp3) is 0.778. The zero-order chi connectivity index (χ0) is 11.4. The Hall–Kier alpha value is -0.950. The largest absolute Gasteiger partial charge is 0.312 e. The van der Waals surface area contributed by atoms with Crippen LogP contribution in [-0.2, 0) is 18.3 Å². The van der Waals surface area contributed by atoms with Crippen molar-refractivity contribution in [3.8, 4) is 0 Å². The van der Waals surface area contributed by atoms with Crippen molar-refractivity contribution in [3.05, 3.63) is 5.82 Å². The summed E-state index contributed by atoms with van der Waals surface area (Å²) in [6.45, 7) is 0.992. The van der Waals surface area contributed by atoms with Crippen LogP contribution in [0, 0.1) is 0 Å². The van der Waals surface area contributed by atoms with Crippen molar-refractivity contribution in [2.45, 2.75) is 18.9 Å². The third-order valence-electron chi connectivity index (χ3n) is 2.38. The predicted octanol–water partition coefficient (Wildman–Crippen LogP) is -0.583. The molecule has 0 amide bonds. The third kappa shape index (κ3) is 3.28. The van der Waals surface area contributed by atoms with Gasteiger partial charge in [-0.15, -0.1) is 10.2 Å². The molecule has 1 aliphatic rings. The van der Waals surface area contributed by atoms with Crippen LogP contribution in [-0.4, -0.2) is 50.1 Å². The lowest BCUT2D eigenvalue weighted by Gasteiger charge is -2.22. The van der Waals surface area contributed by atoms with E-state index in [0.29, 0.717) is 18.3 Å². The molecular formula is C9H15N5OS. The van der Waals surface area contributed by atoms with Gasteiger partial charge in [0, 0.05) is 30.5 Å². The first-order chi connectivity index (χ1) is 7.74. The van der Waals surface area contributed by atoms with Crippen molar-refractivity contribution < 1.29 is 4.79 Å². The highest BCUT2D eigenvalue weighted by molar-refractivity contribution is 7.99. The number of nitrogens with zero attached hydrogens (tertiary/aromatic N) is 4. The number of thioether (sulfide) groups is 1. The number of hydrogen-bond acceptors (Lipinski definition) is 6. The van der Waals surface area contributed by atoms with Gasteiger partial charge in [-0.2, -0.15) is 16.6 Å². The zero-order valence-electron chi connectivity index (χ0n) is 9.22. The standard InChI is InChI=1S/C9H15N5OS/c1-14-12-9(11-13-14)5-8(15)4-7-6-16-3-2-10-7/h7,10H,2-6H2,1H3. The number of hydrogen-bond donors (Lipinski definition) is 1. The van der Waals surface area contributed by atoms with E-state index in [2.05, 4.69) is 20.7 Å². The van der Waals surface area contributed by atoms with Crippen LogP contribution >= 0.6 is 11.8 Å². The Morgan fingerprint density at radius 3 is 3.19 bits per heavy atom. The highest BCUT2D eigenvalue weighted by Crippen LogP contribution is 2.11. The van der Waals surface area contributed by atoms with Gasteiger partial charge in [0.2, 0.25) is 0 Å². The van der Waals surface area contributed by atoms with Gasteiger partial charge in [-0.3, -0.25) is 4.79 Å². The van der Waals surface area contributed by atoms with Crippen molar-refractivity contribution in [2.24, 2.45) is 7.05 Å². The highest BCUT2D eigenvalue weighted by atomic mass is 32.2. The monoisotopic (exact) mass is 241 g/mol. The van der Waals surface area contributed by atoms with Gasteiger partial charge in [-0.05, 0) is 5.21 Å². The molecule has 0 aromatic carbocycles. The molecule has 16 heavy (non-hydrogen) atoms. The normalized spacial score (nSPS) is 20.9. The van der Waals surface area contributed by atoms with E-state index in [0.717, 1.165) is 18.1 Å². The lowest BCUT2D eigenvalue weighted by atomic mass is 10.1. The molecule has 1 atom stereocenters. The lowest BCUT2D eigenvalue weighted by molar-refractivity contribution is -0.118. The lowest BCUT2D eigenvalue weighted by Crippen LogP contribution is -2.39. The second-order valence-electron chi connectivity index (χ2n) is 3.84. The Kier molecular flexibility index (Phi) is 3.89. The molecule has 6 nitrogen and oxygen atoms in total. The summed E-state index contributed by atoms with van der Waals surface area (Å²) >= 11 is 1.89. The quantitative estimate of drug-likeness (QED) is 0.760. The minimum absolute atomic E-state index is 0.174. The van der Waals surface area contributed by atoms with E-state index in [4.69, 9.17) is 0 Å². The average Bonchev–Trinajstić information content (AvgIpc) is 2.65. The summed E-state index contributed by atoms with van der Waals surface area (Å²) in [5, 5.41) is 14.8. The highest BCUT2D eigenvalue weighted by Gasteiger charge is 2.17. The maximum absolute atomic E-state index is 11.7. The number of ketones is 1. The van der Waals surface area contributed by atoms with Crippen molar-refractivity contribution in [1.82, 2.24) is 25.5 Å². The molecule has 1 aromatic rings. The van der Waals surface area contributed by atoms with Crippen LogP contribution in [0.25, 0.3) is 0 Å². The Morgan fingerprint density at radius 2 is 2.56 bits per heavy atom. The van der Waals surface area contributed by atoms with Gasteiger partial charge in [0.25, 0.3) is 0 Å². The average molecular weight is 241 g/mol. The number of rotatable bonds is 4. The first-order valence-corrected chi connectivity index (χ1v) is 6.45. The number of tetrazole rings is 1. The van der Waals surface area contributed by atoms with Gasteiger partial charge in [-0.25, -0.2) is 0 Å². The maximum atomic E-state index is 11.7. The van der Waals surface area contributed by atoms with Crippen LogP contribution in [0.15, 0.2) is 0 Å². The van der Waals surface area contributed by atoms with Gasteiger partial charge in [0.05, 0.1) is 13.5 Å². The van der Waals surface area contributed by atoms with Gasteiger partial charge < -0.3 is 5.32 Å². The summed E-state index contributed by atoms with van der Waals surface area (Å²) in [4.78, 5) is 13.1. The van der Waals surface area contributed by atoms with Gasteiger partial charge in [-0.1, -0.05) is 0 Å². The number of aryl methyl sites for hydroxylation is 1. The fourth-order valence-electron chi connectivity index (χ4n) is 1.67. The minimum Gasteiger partial charge on any atom is -0.312 e. The number of carbonyl (C=O) groups excluding carboxylic acids is 1. The van der Waals surface area contributed by atoms with Crippen LogP contribution in [0.4, 0.5) is 0 Å². The molecule has 0 saturated carbocycles. The van der Waals surface area contributed by atoms with E-state index >= 15 is 0 Å². The summed E-state index contributed by atoms with van der Waals surface area (Å²) < 4.78 is 0. The smallest absolute Gasteiger partial charge is 0.182 e. The molecule has 2 rings (SSSR count). The minimum atomic E-state index is 0.174. The van der Waals surface area contributed by atoms with Gasteiger partial charge in [0.1, 0.15) is 5.78 Å². The molecule has 0 bridgehead atoms. The first kappa shape index (κ1) is 11.5. The second-order valence-corrected chi connectivity index (χ2v) is 4.99. The summed E-state index contributed by atoms with van der Waals surface area (Å²) in [5.74, 6) is 2.83. The van der Waals surface area contributed by atoms with E-state index in [1.807, 2.05) is 11.8 Å². The molecule has 88 valence electrons. The Bertz CT molecular complexity index is 361. The second kappa shape index (κ2) is 5.40. The van der Waals surface area contributed by atoms with E-state index in [9.17, 15) is 4.79 Å². The van der Waals surface area contributed by atoms with Gasteiger partial charge in [0.15, 0.2) is 5.82 Å². The molecule has 1 saturated heterocycles. The Morgan fingerprint density at radius 1 is 1.69 bits per heavy atom. The molecule has 2 heterocycles. The van der Waals surface area contributed by atoms with Crippen LogP contribution in [0.1, 0.15) is 12.2 Å². The van der Waals surface area contributed by atoms with Crippen LogP contribution in [0.2, 0.25) is 0 Å². The van der Waals surface area contributed by atoms with Crippen LogP contribution in [0.3, 0.4) is 0 Å². The molecule has 7 heteroatoms. The molecular weight excluding hydrogens is 226 g/mol. The first-order valence-electron chi connectivity index (χ1n) is 5.30. The summed E-state index contributed by atoms with van der Waals surface area (Å²) in [6.07, 6.45) is 0.849. The van der Waals surface area contributed by atoms with Crippen molar-refractivity contribution in [2.75, 3.05) is 18.1 Å². The summed E-state index contributed by atoms with van der Waals surface area (Å²) in [5.41, 5.74) is 0. The summed E-state index contributed by atoms with van der Waals surface area (Å²) in [6, 6.07) is 0.308. The van der Waals surface area contributed by atoms with Crippen molar-refractivity contribution in [3.63, 3.8) is 0 Å². The Balaban J connectivity index is 1.79. The van der Waals surface area contributed by atoms with E-state index in [1.165, 1.54) is 4.80 Å². The summed E-state index contributed by atoms with van der Waals surface area (Å²) in [7, 11) is 1.69. The Labute approximate surface area is 98.2 Å². The molecule has 0 aliphatic carbocycles. The van der Waals surface area contributed by atoms with E-state index in [-0.39, 0.29) is 12.2 Å². The molecule has 0 spiro atoms. The molecule has 1 aliphatic heterocycles. The number of aromatic nitrogens is 4. The van der Waals surface area contributed by atoms with E-state index in [1.54, 1.807) is 7.05 Å². The topological polar surface area (TPSA) is 72.7 Å². The predicted molar refractivity (Wildman–Crippen MR) is 61.2 cm³/mol. The molecule has 1 N–H and O–H groups in total. The fourth-order valence-corrected chi connectivity index (χ4v) is 2.62. The van der Waals surface area contributed by atoms with E-state index < -0.39 is 0 Å². The number of carbonyl (C=O) groups is 1. The van der Waals surface area contributed by atoms with Crippen LogP contribution < -0.4 is 5.32 Å². The molecule has 0 radical (unpaired) electrons. The SMILES string of the molecule is Cn1nnc(CC(=O)CC2CSCCN2)n1. The van der Waals surface area contributed by atoms with Gasteiger partial charge >= 0.3 is 0 Å². The van der Waals surface area contributed by atoms with Crippen molar-refractivity contribution >= 4 is 17.5 Å². The van der Waals surface area contributed by atoms with Crippen molar-refractivity contribution in [1.29, 1.82) is 0 Å². The maximum Gasteiger partial charge on any atom is 0.182 e.